The van der Waals surface area contributed by atoms with Gasteiger partial charge in [-0.15, -0.1) is 0 Å². The van der Waals surface area contributed by atoms with Gasteiger partial charge in [0.25, 0.3) is 0 Å². The molecule has 0 bridgehead atoms. The van der Waals surface area contributed by atoms with Crippen LogP contribution in [0.25, 0.3) is 0 Å². The molecule has 130 valence electrons. The summed E-state index contributed by atoms with van der Waals surface area (Å²) in [4.78, 5) is 4.22. The molecule has 1 rings (SSSR count). The Balaban J connectivity index is 1.89. The lowest BCUT2D eigenvalue weighted by molar-refractivity contribution is 0.0574. The Morgan fingerprint density at radius 1 is 1.00 bits per heavy atom. The van der Waals surface area contributed by atoms with Crippen molar-refractivity contribution in [1.82, 2.24) is 10.6 Å². The van der Waals surface area contributed by atoms with E-state index in [1.54, 1.807) is 0 Å². The van der Waals surface area contributed by atoms with E-state index in [9.17, 15) is 0 Å². The molecule has 0 saturated heterocycles. The van der Waals surface area contributed by atoms with Gasteiger partial charge in [0, 0.05) is 40.0 Å². The van der Waals surface area contributed by atoms with Gasteiger partial charge < -0.3 is 20.1 Å². The number of hydrogen-bond acceptors (Lipinski definition) is 3. The minimum absolute atomic E-state index is 0.519. The number of nitrogens with zero attached hydrogens (tertiary/aromatic N) is 1. The molecule has 1 aliphatic carbocycles. The molecule has 5 nitrogen and oxygen atoms in total. The van der Waals surface area contributed by atoms with Crippen LogP contribution in [0.1, 0.15) is 58.3 Å². The fourth-order valence-corrected chi connectivity index (χ4v) is 2.53. The summed E-state index contributed by atoms with van der Waals surface area (Å²) >= 11 is 0. The molecule has 0 aromatic rings. The van der Waals surface area contributed by atoms with Crippen LogP contribution in [0.3, 0.4) is 0 Å². The first-order valence-electron chi connectivity index (χ1n) is 9.00. The topological polar surface area (TPSA) is 54.9 Å². The number of ether oxygens (including phenoxy) is 2. The second-order valence-electron chi connectivity index (χ2n) is 5.88. The Hall–Kier alpha value is -0.810. The van der Waals surface area contributed by atoms with Crippen LogP contribution in [0.2, 0.25) is 0 Å². The molecule has 1 saturated carbocycles. The average Bonchev–Trinajstić information content (AvgIpc) is 3.05. The highest BCUT2D eigenvalue weighted by Crippen LogP contribution is 2.20. The maximum Gasteiger partial charge on any atom is 0.190 e. The Morgan fingerprint density at radius 3 is 2.27 bits per heavy atom. The minimum atomic E-state index is 0.519. The molecule has 22 heavy (non-hydrogen) atoms. The maximum absolute atomic E-state index is 5.85. The summed E-state index contributed by atoms with van der Waals surface area (Å²) in [5, 5.41) is 6.63. The van der Waals surface area contributed by atoms with Gasteiger partial charge in [-0.25, -0.2) is 0 Å². The van der Waals surface area contributed by atoms with E-state index in [2.05, 4.69) is 22.5 Å². The smallest absolute Gasteiger partial charge is 0.190 e. The first-order chi connectivity index (χ1) is 10.9. The highest BCUT2D eigenvalue weighted by Gasteiger charge is 2.14. The van der Waals surface area contributed by atoms with Gasteiger partial charge in [-0.1, -0.05) is 26.2 Å². The number of unbranched alkanes of at least 4 members (excludes halogenated alkanes) is 1. The molecule has 0 heterocycles. The number of hydrogen-bond donors (Lipinski definition) is 2. The van der Waals surface area contributed by atoms with Crippen molar-refractivity contribution >= 4 is 5.96 Å². The third-order valence-corrected chi connectivity index (χ3v) is 3.89. The molecular formula is C17H35N3O2. The van der Waals surface area contributed by atoms with Crippen LogP contribution >= 0.6 is 0 Å². The van der Waals surface area contributed by atoms with E-state index in [0.717, 1.165) is 58.1 Å². The van der Waals surface area contributed by atoms with Gasteiger partial charge in [-0.05, 0) is 32.1 Å². The first-order valence-corrected chi connectivity index (χ1v) is 9.00. The lowest BCUT2D eigenvalue weighted by Crippen LogP contribution is -2.38. The molecule has 0 unspecified atom stereocenters. The Bertz CT molecular complexity index is 279. The van der Waals surface area contributed by atoms with Crippen molar-refractivity contribution in [2.45, 2.75) is 64.4 Å². The van der Waals surface area contributed by atoms with E-state index in [0.29, 0.717) is 6.10 Å². The lowest BCUT2D eigenvalue weighted by Gasteiger charge is -2.13. The molecular weight excluding hydrogens is 278 g/mol. The average molecular weight is 313 g/mol. The molecule has 5 heteroatoms. The summed E-state index contributed by atoms with van der Waals surface area (Å²) in [6, 6.07) is 0. The summed E-state index contributed by atoms with van der Waals surface area (Å²) < 4.78 is 11.4. The van der Waals surface area contributed by atoms with Crippen molar-refractivity contribution in [3.63, 3.8) is 0 Å². The standard InChI is InChI=1S/C17H35N3O2/c1-3-4-13-21-14-7-11-19-17(18-2)20-12-8-15-22-16-9-5-6-10-16/h16H,3-15H2,1-2H3,(H2,18,19,20). The SMILES string of the molecule is CCCCOCCCNC(=NC)NCCCOC1CCCC1. The number of aliphatic imine (C=N–C) groups is 1. The molecule has 0 amide bonds. The van der Waals surface area contributed by atoms with Crippen molar-refractivity contribution in [1.29, 1.82) is 0 Å². The Kier molecular flexibility index (Phi) is 12.1. The zero-order chi connectivity index (χ0) is 15.9. The zero-order valence-corrected chi connectivity index (χ0v) is 14.5. The third-order valence-electron chi connectivity index (χ3n) is 3.89. The van der Waals surface area contributed by atoms with Gasteiger partial charge in [0.1, 0.15) is 0 Å². The van der Waals surface area contributed by atoms with Gasteiger partial charge in [0.15, 0.2) is 5.96 Å². The first kappa shape index (κ1) is 19.2. The van der Waals surface area contributed by atoms with Crippen molar-refractivity contribution in [2.24, 2.45) is 4.99 Å². The molecule has 2 N–H and O–H groups in total. The van der Waals surface area contributed by atoms with Crippen LogP contribution in [0, 0.1) is 0 Å². The minimum Gasteiger partial charge on any atom is -0.381 e. The molecule has 1 aliphatic rings. The summed E-state index contributed by atoms with van der Waals surface area (Å²) in [5.41, 5.74) is 0. The van der Waals surface area contributed by atoms with Gasteiger partial charge in [-0.2, -0.15) is 0 Å². The number of guanidine groups is 1. The van der Waals surface area contributed by atoms with E-state index in [4.69, 9.17) is 9.47 Å². The molecule has 0 aliphatic heterocycles. The van der Waals surface area contributed by atoms with E-state index < -0.39 is 0 Å². The van der Waals surface area contributed by atoms with Gasteiger partial charge in [0.05, 0.1) is 6.10 Å². The summed E-state index contributed by atoms with van der Waals surface area (Å²) in [6.45, 7) is 6.52. The van der Waals surface area contributed by atoms with Crippen LogP contribution in [0.5, 0.6) is 0 Å². The predicted molar refractivity (Wildman–Crippen MR) is 92.5 cm³/mol. The van der Waals surface area contributed by atoms with E-state index in [1.807, 2.05) is 7.05 Å². The van der Waals surface area contributed by atoms with Gasteiger partial charge in [0.2, 0.25) is 0 Å². The van der Waals surface area contributed by atoms with Crippen molar-refractivity contribution in [2.75, 3.05) is 40.0 Å². The second-order valence-corrected chi connectivity index (χ2v) is 5.88. The highest BCUT2D eigenvalue weighted by molar-refractivity contribution is 5.79. The molecule has 0 aromatic carbocycles. The summed E-state index contributed by atoms with van der Waals surface area (Å²) in [5.74, 6) is 0.870. The molecule has 0 atom stereocenters. The fourth-order valence-electron chi connectivity index (χ4n) is 2.53. The van der Waals surface area contributed by atoms with Crippen molar-refractivity contribution in [3.8, 4) is 0 Å². The fraction of sp³-hybridized carbons (Fsp3) is 0.941. The van der Waals surface area contributed by atoms with Gasteiger partial charge >= 0.3 is 0 Å². The van der Waals surface area contributed by atoms with Gasteiger partial charge in [-0.3, -0.25) is 4.99 Å². The summed E-state index contributed by atoms with van der Waals surface area (Å²) in [7, 11) is 1.81. The van der Waals surface area contributed by atoms with Crippen LogP contribution in [-0.2, 0) is 9.47 Å². The second kappa shape index (κ2) is 13.8. The van der Waals surface area contributed by atoms with Crippen LogP contribution in [0.4, 0.5) is 0 Å². The van der Waals surface area contributed by atoms with E-state index in [-0.39, 0.29) is 0 Å². The zero-order valence-electron chi connectivity index (χ0n) is 14.5. The van der Waals surface area contributed by atoms with Crippen molar-refractivity contribution < 1.29 is 9.47 Å². The summed E-state index contributed by atoms with van der Waals surface area (Å²) in [6.07, 6.45) is 10.1. The van der Waals surface area contributed by atoms with Crippen molar-refractivity contribution in [3.05, 3.63) is 0 Å². The van der Waals surface area contributed by atoms with Crippen LogP contribution in [0.15, 0.2) is 4.99 Å². The molecule has 0 radical (unpaired) electrons. The maximum atomic E-state index is 5.85. The van der Waals surface area contributed by atoms with E-state index in [1.165, 1.54) is 32.1 Å². The van der Waals surface area contributed by atoms with E-state index >= 15 is 0 Å². The molecule has 1 fully saturated rings. The third kappa shape index (κ3) is 10.0. The van der Waals surface area contributed by atoms with Crippen LogP contribution < -0.4 is 10.6 Å². The quantitative estimate of drug-likeness (QED) is 0.330. The monoisotopic (exact) mass is 313 g/mol. The Morgan fingerprint density at radius 2 is 1.64 bits per heavy atom. The highest BCUT2D eigenvalue weighted by atomic mass is 16.5. The Labute approximate surface area is 136 Å². The number of nitrogens with one attached hydrogen (secondary N) is 2. The molecule has 0 spiro atoms. The lowest BCUT2D eigenvalue weighted by atomic mass is 10.3. The molecule has 0 aromatic heterocycles. The normalized spacial score (nSPS) is 16.2. The number of rotatable bonds is 12. The van der Waals surface area contributed by atoms with Crippen LogP contribution in [-0.4, -0.2) is 52.0 Å². The predicted octanol–water partition coefficient (Wildman–Crippen LogP) is 2.71. The largest absolute Gasteiger partial charge is 0.381 e.